The number of benzene rings is 2. The molecule has 0 aliphatic rings. The largest absolute Gasteiger partial charge is 0.363 e. The van der Waals surface area contributed by atoms with Gasteiger partial charge in [-0.3, -0.25) is 0 Å². The molecule has 88 valence electrons. The van der Waals surface area contributed by atoms with Crippen LogP contribution in [0.25, 0.3) is 11.0 Å². The van der Waals surface area contributed by atoms with Gasteiger partial charge in [0.1, 0.15) is 11.8 Å². The van der Waals surface area contributed by atoms with E-state index in [9.17, 15) is 4.79 Å². The average molecular weight is 238 g/mol. The SMILES string of the molecule is O=C(On1cnc2ccccc21)c1ccccc1. The number of imidazole rings is 1. The molecule has 0 amide bonds. The lowest BCUT2D eigenvalue weighted by atomic mass is 10.2. The van der Waals surface area contributed by atoms with Crippen molar-refractivity contribution in [3.8, 4) is 0 Å². The molecule has 2 aromatic carbocycles. The fourth-order valence-corrected chi connectivity index (χ4v) is 1.73. The summed E-state index contributed by atoms with van der Waals surface area (Å²) in [5.41, 5.74) is 2.07. The number of carbonyl (C=O) groups excluding carboxylic acids is 1. The summed E-state index contributed by atoms with van der Waals surface area (Å²) in [6.45, 7) is 0. The van der Waals surface area contributed by atoms with E-state index in [1.54, 1.807) is 24.3 Å². The Labute approximate surface area is 103 Å². The Morgan fingerprint density at radius 2 is 1.72 bits per heavy atom. The van der Waals surface area contributed by atoms with Gasteiger partial charge >= 0.3 is 5.97 Å². The van der Waals surface area contributed by atoms with E-state index in [0.29, 0.717) is 5.56 Å². The Hall–Kier alpha value is -2.62. The fraction of sp³-hybridized carbons (Fsp3) is 0. The summed E-state index contributed by atoms with van der Waals surface area (Å²) < 4.78 is 1.38. The van der Waals surface area contributed by atoms with Gasteiger partial charge in [0.25, 0.3) is 0 Å². The molecule has 0 saturated carbocycles. The van der Waals surface area contributed by atoms with Crippen molar-refractivity contribution in [3.05, 3.63) is 66.5 Å². The van der Waals surface area contributed by atoms with E-state index in [1.165, 1.54) is 11.1 Å². The number of fused-ring (bicyclic) bond motifs is 1. The standard InChI is InChI=1S/C14H10N2O2/c17-14(11-6-2-1-3-7-11)18-16-10-15-12-8-4-5-9-13(12)16/h1-10H. The highest BCUT2D eigenvalue weighted by Gasteiger charge is 2.09. The predicted molar refractivity (Wildman–Crippen MR) is 67.1 cm³/mol. The second-order valence-corrected chi connectivity index (χ2v) is 3.80. The number of hydrogen-bond donors (Lipinski definition) is 0. The average Bonchev–Trinajstić information content (AvgIpc) is 2.83. The highest BCUT2D eigenvalue weighted by atomic mass is 16.7. The second kappa shape index (κ2) is 4.33. The molecule has 4 nitrogen and oxygen atoms in total. The van der Waals surface area contributed by atoms with Crippen LogP contribution in [0, 0.1) is 0 Å². The van der Waals surface area contributed by atoms with E-state index >= 15 is 0 Å². The summed E-state index contributed by atoms with van der Waals surface area (Å²) >= 11 is 0. The molecular formula is C14H10N2O2. The van der Waals surface area contributed by atoms with Gasteiger partial charge in [-0.25, -0.2) is 9.78 Å². The van der Waals surface area contributed by atoms with Crippen LogP contribution in [0.1, 0.15) is 10.4 Å². The topological polar surface area (TPSA) is 44.1 Å². The van der Waals surface area contributed by atoms with Crippen molar-refractivity contribution >= 4 is 17.0 Å². The van der Waals surface area contributed by atoms with E-state index in [1.807, 2.05) is 30.3 Å². The van der Waals surface area contributed by atoms with Crippen LogP contribution in [0.15, 0.2) is 60.9 Å². The first-order chi connectivity index (χ1) is 8.84. The molecule has 18 heavy (non-hydrogen) atoms. The predicted octanol–water partition coefficient (Wildman–Crippen LogP) is 2.31. The third kappa shape index (κ3) is 1.84. The van der Waals surface area contributed by atoms with Crippen LogP contribution in [0.3, 0.4) is 0 Å². The van der Waals surface area contributed by atoms with Gasteiger partial charge in [-0.1, -0.05) is 30.3 Å². The lowest BCUT2D eigenvalue weighted by molar-refractivity contribution is 0.0480. The first-order valence-corrected chi connectivity index (χ1v) is 5.54. The molecule has 0 unspecified atom stereocenters. The maximum atomic E-state index is 11.9. The molecule has 3 aromatic rings. The number of aromatic nitrogens is 2. The first kappa shape index (κ1) is 10.5. The van der Waals surface area contributed by atoms with Gasteiger partial charge in [-0.2, -0.15) is 4.73 Å². The van der Waals surface area contributed by atoms with E-state index in [-0.39, 0.29) is 0 Å². The molecule has 1 heterocycles. The van der Waals surface area contributed by atoms with E-state index < -0.39 is 5.97 Å². The molecule has 0 radical (unpaired) electrons. The molecule has 0 atom stereocenters. The van der Waals surface area contributed by atoms with Gasteiger partial charge in [-0.15, -0.1) is 0 Å². The van der Waals surface area contributed by atoms with Crippen LogP contribution in [-0.2, 0) is 0 Å². The van der Waals surface area contributed by atoms with Crippen LogP contribution in [-0.4, -0.2) is 15.7 Å². The minimum absolute atomic E-state index is 0.404. The Kier molecular flexibility index (Phi) is 2.53. The van der Waals surface area contributed by atoms with E-state index in [4.69, 9.17) is 4.84 Å². The molecule has 0 spiro atoms. The number of nitrogens with zero attached hydrogens (tertiary/aromatic N) is 2. The molecule has 0 saturated heterocycles. The van der Waals surface area contributed by atoms with Gasteiger partial charge in [0, 0.05) is 0 Å². The van der Waals surface area contributed by atoms with Crippen molar-refractivity contribution < 1.29 is 9.63 Å². The molecule has 0 bridgehead atoms. The zero-order chi connectivity index (χ0) is 12.4. The third-order valence-corrected chi connectivity index (χ3v) is 2.61. The van der Waals surface area contributed by atoms with Crippen LogP contribution >= 0.6 is 0 Å². The maximum Gasteiger partial charge on any atom is 0.363 e. The third-order valence-electron chi connectivity index (χ3n) is 2.61. The number of para-hydroxylation sites is 2. The van der Waals surface area contributed by atoms with Gasteiger partial charge in [0.05, 0.1) is 11.1 Å². The minimum Gasteiger partial charge on any atom is -0.330 e. The zero-order valence-corrected chi connectivity index (χ0v) is 9.48. The molecule has 0 aliphatic heterocycles. The second-order valence-electron chi connectivity index (χ2n) is 3.80. The summed E-state index contributed by atoms with van der Waals surface area (Å²) in [4.78, 5) is 21.3. The smallest absolute Gasteiger partial charge is 0.330 e. The van der Waals surface area contributed by atoms with Crippen molar-refractivity contribution in [1.82, 2.24) is 9.71 Å². The Morgan fingerprint density at radius 1 is 1.00 bits per heavy atom. The summed E-state index contributed by atoms with van der Waals surface area (Å²) in [5.74, 6) is -0.404. The molecule has 3 rings (SSSR count). The highest BCUT2D eigenvalue weighted by molar-refractivity contribution is 5.90. The molecular weight excluding hydrogens is 228 g/mol. The van der Waals surface area contributed by atoms with E-state index in [0.717, 1.165) is 11.0 Å². The normalized spacial score (nSPS) is 10.4. The quantitative estimate of drug-likeness (QED) is 0.688. The van der Waals surface area contributed by atoms with Gasteiger partial charge < -0.3 is 4.84 Å². The summed E-state index contributed by atoms with van der Waals surface area (Å²) in [7, 11) is 0. The van der Waals surface area contributed by atoms with Crippen molar-refractivity contribution in [1.29, 1.82) is 0 Å². The van der Waals surface area contributed by atoms with Crippen LogP contribution in [0.2, 0.25) is 0 Å². The van der Waals surface area contributed by atoms with Crippen molar-refractivity contribution in [2.45, 2.75) is 0 Å². The molecule has 0 aliphatic carbocycles. The lowest BCUT2D eigenvalue weighted by Crippen LogP contribution is -2.18. The Morgan fingerprint density at radius 3 is 2.56 bits per heavy atom. The van der Waals surface area contributed by atoms with E-state index in [2.05, 4.69) is 4.98 Å². The van der Waals surface area contributed by atoms with Crippen molar-refractivity contribution in [2.24, 2.45) is 0 Å². The molecule has 0 fully saturated rings. The first-order valence-electron chi connectivity index (χ1n) is 5.54. The van der Waals surface area contributed by atoms with Gasteiger partial charge in [0.2, 0.25) is 0 Å². The number of carbonyl (C=O) groups is 1. The van der Waals surface area contributed by atoms with Crippen LogP contribution in [0.4, 0.5) is 0 Å². The van der Waals surface area contributed by atoms with Gasteiger partial charge in [-0.05, 0) is 24.3 Å². The van der Waals surface area contributed by atoms with Gasteiger partial charge in [0.15, 0.2) is 0 Å². The molecule has 4 heteroatoms. The summed E-state index contributed by atoms with van der Waals surface area (Å²) in [6.07, 6.45) is 1.49. The minimum atomic E-state index is -0.404. The fourth-order valence-electron chi connectivity index (χ4n) is 1.73. The zero-order valence-electron chi connectivity index (χ0n) is 9.48. The van der Waals surface area contributed by atoms with Crippen LogP contribution in [0.5, 0.6) is 0 Å². The molecule has 1 aromatic heterocycles. The van der Waals surface area contributed by atoms with Crippen molar-refractivity contribution in [2.75, 3.05) is 0 Å². The summed E-state index contributed by atoms with van der Waals surface area (Å²) in [5, 5.41) is 0. The number of hydrogen-bond acceptors (Lipinski definition) is 3. The lowest BCUT2D eigenvalue weighted by Gasteiger charge is -2.04. The Balaban J connectivity index is 1.91. The highest BCUT2D eigenvalue weighted by Crippen LogP contribution is 2.11. The number of rotatable bonds is 2. The maximum absolute atomic E-state index is 11.9. The monoisotopic (exact) mass is 238 g/mol. The molecule has 0 N–H and O–H groups in total. The van der Waals surface area contributed by atoms with Crippen LogP contribution < -0.4 is 4.84 Å². The summed E-state index contributed by atoms with van der Waals surface area (Å²) in [6, 6.07) is 16.3. The Bertz CT molecular complexity index is 689. The van der Waals surface area contributed by atoms with Crippen molar-refractivity contribution in [3.63, 3.8) is 0 Å².